The molecule has 28 heavy (non-hydrogen) atoms. The average Bonchev–Trinajstić information content (AvgIpc) is 3.38. The van der Waals surface area contributed by atoms with E-state index in [0.29, 0.717) is 5.13 Å². The molecule has 0 bridgehead atoms. The van der Waals surface area contributed by atoms with Gasteiger partial charge in [0.1, 0.15) is 0 Å². The Hall–Kier alpha value is -2.11. The predicted octanol–water partition coefficient (Wildman–Crippen LogP) is 3.43. The largest absolute Gasteiger partial charge is 0.309 e. The number of anilines is 3. The summed E-state index contributed by atoms with van der Waals surface area (Å²) >= 11 is 4.38. The highest BCUT2D eigenvalue weighted by atomic mass is 32.2. The van der Waals surface area contributed by atoms with E-state index in [1.54, 1.807) is 11.8 Å². The molecule has 1 aliphatic rings. The van der Waals surface area contributed by atoms with Crippen LogP contribution in [0.5, 0.6) is 0 Å². The Morgan fingerprint density at radius 3 is 2.75 bits per heavy atom. The third-order valence-electron chi connectivity index (χ3n) is 4.08. The second-order valence-corrected chi connectivity index (χ2v) is 9.50. The monoisotopic (exact) mass is 433 g/mol. The van der Waals surface area contributed by atoms with Gasteiger partial charge in [0.2, 0.25) is 17.0 Å². The Morgan fingerprint density at radius 2 is 1.96 bits per heavy atom. The number of carbonyl (C=O) groups excluding carboxylic acids is 1. The van der Waals surface area contributed by atoms with Gasteiger partial charge in [0, 0.05) is 18.8 Å². The van der Waals surface area contributed by atoms with E-state index in [2.05, 4.69) is 73.3 Å². The molecule has 1 aromatic carbocycles. The third kappa shape index (κ3) is 4.15. The standard InChI is InChI=1S/C17H19N7OS3/c1-3-26-17-22-19-14(28-17)18-13(25)10-27-16-21-20-15-23(8-9-24(15)16)12-6-4-11(2)5-7-12/h4-7H,3,8-10H2,1-2H3,(H,18,19,25). The van der Waals surface area contributed by atoms with Gasteiger partial charge in [-0.2, -0.15) is 0 Å². The first-order chi connectivity index (χ1) is 13.6. The fraction of sp³-hybridized carbons (Fsp3) is 0.353. The van der Waals surface area contributed by atoms with Crippen molar-refractivity contribution in [3.63, 3.8) is 0 Å². The van der Waals surface area contributed by atoms with Crippen molar-refractivity contribution in [3.05, 3.63) is 29.8 Å². The van der Waals surface area contributed by atoms with Crippen molar-refractivity contribution in [3.8, 4) is 0 Å². The number of nitrogens with zero attached hydrogens (tertiary/aromatic N) is 6. The number of amides is 1. The zero-order valence-corrected chi connectivity index (χ0v) is 17.9. The maximum absolute atomic E-state index is 12.2. The number of hydrogen-bond acceptors (Lipinski definition) is 9. The Bertz CT molecular complexity index is 970. The lowest BCUT2D eigenvalue weighted by Crippen LogP contribution is -2.14. The molecule has 0 radical (unpaired) electrons. The lowest BCUT2D eigenvalue weighted by Gasteiger charge is -2.15. The van der Waals surface area contributed by atoms with Crippen LogP contribution < -0.4 is 10.2 Å². The highest BCUT2D eigenvalue weighted by molar-refractivity contribution is 8.01. The van der Waals surface area contributed by atoms with Crippen molar-refractivity contribution in [2.24, 2.45) is 0 Å². The normalized spacial score (nSPS) is 13.0. The van der Waals surface area contributed by atoms with E-state index in [-0.39, 0.29) is 11.7 Å². The molecular weight excluding hydrogens is 414 g/mol. The van der Waals surface area contributed by atoms with Crippen LogP contribution in [-0.4, -0.2) is 48.9 Å². The van der Waals surface area contributed by atoms with Gasteiger partial charge in [-0.05, 0) is 24.8 Å². The van der Waals surface area contributed by atoms with E-state index in [1.165, 1.54) is 28.7 Å². The molecule has 8 nitrogen and oxygen atoms in total. The summed E-state index contributed by atoms with van der Waals surface area (Å²) in [6.07, 6.45) is 0. The van der Waals surface area contributed by atoms with Crippen LogP contribution in [-0.2, 0) is 11.3 Å². The number of rotatable bonds is 7. The van der Waals surface area contributed by atoms with E-state index in [9.17, 15) is 4.79 Å². The summed E-state index contributed by atoms with van der Waals surface area (Å²) in [6.45, 7) is 5.77. The minimum Gasteiger partial charge on any atom is -0.309 e. The fourth-order valence-electron chi connectivity index (χ4n) is 2.78. The van der Waals surface area contributed by atoms with Gasteiger partial charge in [-0.3, -0.25) is 14.7 Å². The molecule has 0 fully saturated rings. The van der Waals surface area contributed by atoms with Crippen LogP contribution in [0.25, 0.3) is 0 Å². The van der Waals surface area contributed by atoms with E-state index in [1.807, 2.05) is 0 Å². The third-order valence-corrected chi connectivity index (χ3v) is 6.91. The number of nitrogens with one attached hydrogen (secondary N) is 1. The number of aryl methyl sites for hydroxylation is 1. The predicted molar refractivity (Wildman–Crippen MR) is 114 cm³/mol. The highest BCUT2D eigenvalue weighted by Crippen LogP contribution is 2.32. The molecule has 1 N–H and O–H groups in total. The summed E-state index contributed by atoms with van der Waals surface area (Å²) in [5.41, 5.74) is 2.32. The lowest BCUT2D eigenvalue weighted by atomic mass is 10.2. The van der Waals surface area contributed by atoms with Crippen molar-refractivity contribution >= 4 is 57.5 Å². The second kappa shape index (κ2) is 8.50. The van der Waals surface area contributed by atoms with Crippen LogP contribution in [0.1, 0.15) is 12.5 Å². The van der Waals surface area contributed by atoms with Crippen molar-refractivity contribution < 1.29 is 4.79 Å². The molecule has 11 heteroatoms. The summed E-state index contributed by atoms with van der Waals surface area (Å²) in [5, 5.41) is 20.7. The maximum atomic E-state index is 12.2. The topological polar surface area (TPSA) is 88.8 Å². The molecule has 3 aromatic rings. The van der Waals surface area contributed by atoms with Crippen LogP contribution in [0.15, 0.2) is 33.8 Å². The zero-order valence-electron chi connectivity index (χ0n) is 15.5. The van der Waals surface area contributed by atoms with Gasteiger partial charge in [-0.15, -0.1) is 20.4 Å². The molecule has 4 rings (SSSR count). The number of benzene rings is 1. The minimum atomic E-state index is -0.125. The van der Waals surface area contributed by atoms with Gasteiger partial charge in [-0.1, -0.05) is 59.5 Å². The molecule has 0 saturated carbocycles. The maximum Gasteiger partial charge on any atom is 0.236 e. The van der Waals surface area contributed by atoms with Crippen LogP contribution in [0.3, 0.4) is 0 Å². The first kappa shape index (κ1) is 19.2. The van der Waals surface area contributed by atoms with Crippen molar-refractivity contribution in [1.82, 2.24) is 25.0 Å². The lowest BCUT2D eigenvalue weighted by molar-refractivity contribution is -0.113. The summed E-state index contributed by atoms with van der Waals surface area (Å²) in [5.74, 6) is 1.87. The van der Waals surface area contributed by atoms with Crippen LogP contribution >= 0.6 is 34.9 Å². The van der Waals surface area contributed by atoms with Gasteiger partial charge >= 0.3 is 0 Å². The molecule has 3 heterocycles. The molecule has 0 aliphatic carbocycles. The van der Waals surface area contributed by atoms with Crippen LogP contribution in [0.2, 0.25) is 0 Å². The molecule has 0 unspecified atom stereocenters. The molecule has 2 aromatic heterocycles. The SMILES string of the molecule is CCSc1nnc(NC(=O)CSc2nnc3n2CCN3c2ccc(C)cc2)s1. The Balaban J connectivity index is 1.37. The number of thioether (sulfide) groups is 2. The Morgan fingerprint density at radius 1 is 1.14 bits per heavy atom. The summed E-state index contributed by atoms with van der Waals surface area (Å²) < 4.78 is 2.91. The van der Waals surface area contributed by atoms with E-state index in [0.717, 1.165) is 40.0 Å². The molecule has 1 amide bonds. The quantitative estimate of drug-likeness (QED) is 0.448. The average molecular weight is 434 g/mol. The molecular formula is C17H19N7OS3. The summed E-state index contributed by atoms with van der Waals surface area (Å²) in [7, 11) is 0. The van der Waals surface area contributed by atoms with Gasteiger partial charge in [0.25, 0.3) is 0 Å². The molecule has 0 spiro atoms. The Kier molecular flexibility index (Phi) is 5.83. The number of hydrogen-bond donors (Lipinski definition) is 1. The first-order valence-electron chi connectivity index (χ1n) is 8.80. The van der Waals surface area contributed by atoms with Crippen LogP contribution in [0.4, 0.5) is 16.8 Å². The zero-order chi connectivity index (χ0) is 19.5. The second-order valence-electron chi connectivity index (χ2n) is 6.06. The smallest absolute Gasteiger partial charge is 0.236 e. The van der Waals surface area contributed by atoms with E-state index in [4.69, 9.17) is 0 Å². The van der Waals surface area contributed by atoms with Gasteiger partial charge < -0.3 is 4.90 Å². The minimum absolute atomic E-state index is 0.125. The summed E-state index contributed by atoms with van der Waals surface area (Å²) in [6, 6.07) is 8.36. The number of carbonyl (C=O) groups is 1. The number of aromatic nitrogens is 5. The first-order valence-corrected chi connectivity index (χ1v) is 11.6. The van der Waals surface area contributed by atoms with Crippen LogP contribution in [0, 0.1) is 6.92 Å². The van der Waals surface area contributed by atoms with Gasteiger partial charge in [0.05, 0.1) is 5.75 Å². The van der Waals surface area contributed by atoms with Gasteiger partial charge in [0.15, 0.2) is 9.50 Å². The summed E-state index contributed by atoms with van der Waals surface area (Å²) in [4.78, 5) is 14.4. The van der Waals surface area contributed by atoms with Crippen molar-refractivity contribution in [2.45, 2.75) is 29.9 Å². The Labute approximate surface area is 175 Å². The van der Waals surface area contributed by atoms with Gasteiger partial charge in [-0.25, -0.2) is 0 Å². The molecule has 0 saturated heterocycles. The molecule has 146 valence electrons. The van der Waals surface area contributed by atoms with Crippen molar-refractivity contribution in [1.29, 1.82) is 0 Å². The van der Waals surface area contributed by atoms with E-state index >= 15 is 0 Å². The highest BCUT2D eigenvalue weighted by Gasteiger charge is 2.26. The molecule has 1 aliphatic heterocycles. The van der Waals surface area contributed by atoms with Crippen molar-refractivity contribution in [2.75, 3.05) is 28.3 Å². The molecule has 0 atom stereocenters. The van der Waals surface area contributed by atoms with E-state index < -0.39 is 0 Å². The number of fused-ring (bicyclic) bond motifs is 1. The fourth-order valence-corrected chi connectivity index (χ4v) is 5.20.